The summed E-state index contributed by atoms with van der Waals surface area (Å²) in [6.45, 7) is 0. The van der Waals surface area contributed by atoms with Gasteiger partial charge in [0.2, 0.25) is 0 Å². The number of hydrogen-bond acceptors (Lipinski definition) is 3. The number of aliphatic hydroxyl groups excluding tert-OH is 1. The molecule has 2 aromatic rings. The Hall–Kier alpha value is -1.16. The monoisotopic (exact) mass is 254 g/mol. The minimum atomic E-state index is -0.894. The smallest absolute Gasteiger partial charge is 0.123 e. The van der Waals surface area contributed by atoms with Crippen molar-refractivity contribution in [1.82, 2.24) is 9.97 Å². The van der Waals surface area contributed by atoms with E-state index in [4.69, 9.17) is 23.2 Å². The summed E-state index contributed by atoms with van der Waals surface area (Å²) in [6.07, 6.45) is 2.04. The van der Waals surface area contributed by atoms with Gasteiger partial charge in [-0.15, -0.1) is 0 Å². The first kappa shape index (κ1) is 11.3. The highest BCUT2D eigenvalue weighted by atomic mass is 35.5. The first-order chi connectivity index (χ1) is 7.68. The lowest BCUT2D eigenvalue weighted by Crippen LogP contribution is -2.03. The molecular weight excluding hydrogens is 247 g/mol. The van der Waals surface area contributed by atoms with Crippen LogP contribution in [0, 0.1) is 0 Å². The van der Waals surface area contributed by atoms with Crippen molar-refractivity contribution in [3.63, 3.8) is 0 Å². The molecule has 0 aliphatic carbocycles. The van der Waals surface area contributed by atoms with E-state index in [0.29, 0.717) is 21.3 Å². The van der Waals surface area contributed by atoms with E-state index in [-0.39, 0.29) is 0 Å². The summed E-state index contributed by atoms with van der Waals surface area (Å²) in [4.78, 5) is 7.74. The molecule has 1 atom stereocenters. The van der Waals surface area contributed by atoms with Gasteiger partial charge in [0.15, 0.2) is 0 Å². The van der Waals surface area contributed by atoms with Crippen LogP contribution in [0.15, 0.2) is 36.8 Å². The molecule has 0 spiro atoms. The molecule has 1 heterocycles. The maximum absolute atomic E-state index is 10.1. The van der Waals surface area contributed by atoms with E-state index in [9.17, 15) is 5.11 Å². The van der Waals surface area contributed by atoms with E-state index in [1.165, 1.54) is 6.33 Å². The fraction of sp³-hybridized carbons (Fsp3) is 0.0909. The molecule has 0 aliphatic rings. The molecule has 0 saturated heterocycles. The molecule has 0 aliphatic heterocycles. The quantitative estimate of drug-likeness (QED) is 0.897. The normalized spacial score (nSPS) is 12.4. The van der Waals surface area contributed by atoms with Gasteiger partial charge in [0, 0.05) is 21.8 Å². The van der Waals surface area contributed by atoms with Crippen LogP contribution in [0.2, 0.25) is 10.0 Å². The standard InChI is InChI=1S/C11H8Cl2N2O/c12-7-1-2-9(13)8(5-7)11(16)10-3-4-14-6-15-10/h1-6,11,16H. The molecular formula is C11H8Cl2N2O. The maximum atomic E-state index is 10.1. The zero-order chi connectivity index (χ0) is 11.5. The number of halogens is 2. The Balaban J connectivity index is 2.41. The predicted octanol–water partition coefficient (Wildman–Crippen LogP) is 2.87. The molecule has 2 rings (SSSR count). The molecule has 82 valence electrons. The third-order valence-electron chi connectivity index (χ3n) is 2.14. The zero-order valence-corrected chi connectivity index (χ0v) is 9.65. The lowest BCUT2D eigenvalue weighted by molar-refractivity contribution is 0.215. The van der Waals surface area contributed by atoms with Crippen LogP contribution >= 0.6 is 23.2 Å². The van der Waals surface area contributed by atoms with E-state index in [1.54, 1.807) is 30.5 Å². The van der Waals surface area contributed by atoms with Gasteiger partial charge in [0.05, 0.1) is 5.69 Å². The zero-order valence-electron chi connectivity index (χ0n) is 8.14. The van der Waals surface area contributed by atoms with Crippen molar-refractivity contribution in [1.29, 1.82) is 0 Å². The summed E-state index contributed by atoms with van der Waals surface area (Å²) in [6, 6.07) is 6.56. The molecule has 1 aromatic heterocycles. The molecule has 0 radical (unpaired) electrons. The second-order valence-corrected chi connectivity index (χ2v) is 4.05. The molecule has 0 bridgehead atoms. The minimum absolute atomic E-state index is 0.454. The molecule has 0 amide bonds. The SMILES string of the molecule is OC(c1ccncn1)c1cc(Cl)ccc1Cl. The lowest BCUT2D eigenvalue weighted by atomic mass is 10.1. The Morgan fingerprint density at radius 2 is 2.00 bits per heavy atom. The molecule has 0 fully saturated rings. The molecule has 5 heteroatoms. The van der Waals surface area contributed by atoms with Gasteiger partial charge in [0.1, 0.15) is 12.4 Å². The van der Waals surface area contributed by atoms with Crippen molar-refractivity contribution in [2.45, 2.75) is 6.10 Å². The average molecular weight is 255 g/mol. The van der Waals surface area contributed by atoms with Crippen LogP contribution in [-0.2, 0) is 0 Å². The topological polar surface area (TPSA) is 46.0 Å². The van der Waals surface area contributed by atoms with Crippen molar-refractivity contribution in [3.05, 3.63) is 58.1 Å². The van der Waals surface area contributed by atoms with Gasteiger partial charge in [-0.05, 0) is 24.3 Å². The summed E-state index contributed by atoms with van der Waals surface area (Å²) >= 11 is 11.8. The molecule has 16 heavy (non-hydrogen) atoms. The van der Waals surface area contributed by atoms with Gasteiger partial charge in [-0.3, -0.25) is 0 Å². The van der Waals surface area contributed by atoms with E-state index in [2.05, 4.69) is 9.97 Å². The Morgan fingerprint density at radius 1 is 1.19 bits per heavy atom. The number of nitrogens with zero attached hydrogens (tertiary/aromatic N) is 2. The largest absolute Gasteiger partial charge is 0.382 e. The Kier molecular flexibility index (Phi) is 3.39. The van der Waals surface area contributed by atoms with Crippen molar-refractivity contribution in [3.8, 4) is 0 Å². The fourth-order valence-electron chi connectivity index (χ4n) is 1.35. The second-order valence-electron chi connectivity index (χ2n) is 3.20. The van der Waals surface area contributed by atoms with Crippen LogP contribution in [0.4, 0.5) is 0 Å². The van der Waals surface area contributed by atoms with Gasteiger partial charge in [-0.1, -0.05) is 23.2 Å². The maximum Gasteiger partial charge on any atom is 0.123 e. The second kappa shape index (κ2) is 4.78. The van der Waals surface area contributed by atoms with Gasteiger partial charge < -0.3 is 5.11 Å². The van der Waals surface area contributed by atoms with Gasteiger partial charge in [0.25, 0.3) is 0 Å². The van der Waals surface area contributed by atoms with Gasteiger partial charge >= 0.3 is 0 Å². The molecule has 1 aromatic carbocycles. The summed E-state index contributed by atoms with van der Waals surface area (Å²) in [5.41, 5.74) is 1.02. The number of benzene rings is 1. The molecule has 0 saturated carbocycles. The first-order valence-corrected chi connectivity index (χ1v) is 5.33. The molecule has 3 nitrogen and oxygen atoms in total. The molecule has 1 N–H and O–H groups in total. The van der Waals surface area contributed by atoms with Crippen molar-refractivity contribution >= 4 is 23.2 Å². The Labute approximate surface area is 103 Å². The van der Waals surface area contributed by atoms with E-state index in [1.807, 2.05) is 0 Å². The van der Waals surface area contributed by atoms with Crippen LogP contribution in [0.25, 0.3) is 0 Å². The van der Waals surface area contributed by atoms with Gasteiger partial charge in [-0.25, -0.2) is 9.97 Å². The Morgan fingerprint density at radius 3 is 2.69 bits per heavy atom. The highest BCUT2D eigenvalue weighted by Crippen LogP contribution is 2.29. The predicted molar refractivity (Wildman–Crippen MR) is 62.6 cm³/mol. The van der Waals surface area contributed by atoms with E-state index >= 15 is 0 Å². The Bertz CT molecular complexity index is 491. The van der Waals surface area contributed by atoms with Crippen LogP contribution < -0.4 is 0 Å². The summed E-state index contributed by atoms with van der Waals surface area (Å²) in [5, 5.41) is 11.0. The van der Waals surface area contributed by atoms with Crippen LogP contribution in [0.5, 0.6) is 0 Å². The number of aliphatic hydroxyl groups is 1. The summed E-state index contributed by atoms with van der Waals surface area (Å²) < 4.78 is 0. The minimum Gasteiger partial charge on any atom is -0.382 e. The van der Waals surface area contributed by atoms with Crippen LogP contribution in [-0.4, -0.2) is 15.1 Å². The number of aromatic nitrogens is 2. The summed E-state index contributed by atoms with van der Waals surface area (Å²) in [7, 11) is 0. The fourth-order valence-corrected chi connectivity index (χ4v) is 1.75. The number of rotatable bonds is 2. The van der Waals surface area contributed by atoms with E-state index < -0.39 is 6.10 Å². The third kappa shape index (κ3) is 2.32. The highest BCUT2D eigenvalue weighted by Gasteiger charge is 2.15. The lowest BCUT2D eigenvalue weighted by Gasteiger charge is -2.11. The average Bonchev–Trinajstić information content (AvgIpc) is 2.32. The van der Waals surface area contributed by atoms with E-state index in [0.717, 1.165) is 0 Å². The highest BCUT2D eigenvalue weighted by molar-refractivity contribution is 6.33. The van der Waals surface area contributed by atoms with Crippen LogP contribution in [0.3, 0.4) is 0 Å². The van der Waals surface area contributed by atoms with Crippen molar-refractivity contribution in [2.75, 3.05) is 0 Å². The number of hydrogen-bond donors (Lipinski definition) is 1. The third-order valence-corrected chi connectivity index (χ3v) is 2.72. The first-order valence-electron chi connectivity index (χ1n) is 4.57. The van der Waals surface area contributed by atoms with Crippen molar-refractivity contribution in [2.24, 2.45) is 0 Å². The van der Waals surface area contributed by atoms with Crippen LogP contribution in [0.1, 0.15) is 17.4 Å². The summed E-state index contributed by atoms with van der Waals surface area (Å²) in [5.74, 6) is 0. The van der Waals surface area contributed by atoms with Gasteiger partial charge in [-0.2, -0.15) is 0 Å². The molecule has 1 unspecified atom stereocenters. The van der Waals surface area contributed by atoms with Crippen molar-refractivity contribution < 1.29 is 5.11 Å².